The van der Waals surface area contributed by atoms with Gasteiger partial charge in [0.25, 0.3) is 0 Å². The van der Waals surface area contributed by atoms with Gasteiger partial charge in [-0.25, -0.2) is 5.43 Å². The fourth-order valence-corrected chi connectivity index (χ4v) is 2.38. The number of carbonyl (C=O) groups excluding carboxylic acids is 1. The number of furan rings is 1. The van der Waals surface area contributed by atoms with Gasteiger partial charge in [0.15, 0.2) is 5.76 Å². The average molecular weight is 379 g/mol. The van der Waals surface area contributed by atoms with E-state index in [1.807, 2.05) is 43.3 Å². The van der Waals surface area contributed by atoms with E-state index in [9.17, 15) is 14.9 Å². The minimum Gasteiger partial charge on any atom is -0.454 e. The van der Waals surface area contributed by atoms with Gasteiger partial charge in [-0.3, -0.25) is 19.6 Å². The molecular formula is C19H17N5O4. The lowest BCUT2D eigenvalue weighted by molar-refractivity contribution is -0.385. The number of nitrogens with zero attached hydrogens (tertiary/aromatic N) is 4. The Bertz CT molecular complexity index is 1030. The summed E-state index contributed by atoms with van der Waals surface area (Å²) < 4.78 is 6.80. The molecule has 0 aliphatic rings. The number of hydrazone groups is 1. The zero-order valence-electron chi connectivity index (χ0n) is 15.0. The molecule has 0 atom stereocenters. The summed E-state index contributed by atoms with van der Waals surface area (Å²) in [4.78, 5) is 22.2. The van der Waals surface area contributed by atoms with Crippen molar-refractivity contribution in [2.24, 2.45) is 5.10 Å². The van der Waals surface area contributed by atoms with E-state index in [0.717, 1.165) is 17.3 Å². The molecule has 0 spiro atoms. The van der Waals surface area contributed by atoms with Crippen molar-refractivity contribution >= 4 is 23.9 Å². The fourth-order valence-electron chi connectivity index (χ4n) is 2.38. The van der Waals surface area contributed by atoms with Crippen LogP contribution in [0.4, 0.5) is 5.69 Å². The van der Waals surface area contributed by atoms with Crippen LogP contribution in [0.3, 0.4) is 0 Å². The Morgan fingerprint density at radius 2 is 2.11 bits per heavy atom. The van der Waals surface area contributed by atoms with Crippen molar-refractivity contribution in [2.45, 2.75) is 13.5 Å². The molecule has 28 heavy (non-hydrogen) atoms. The molecular weight excluding hydrogens is 362 g/mol. The summed E-state index contributed by atoms with van der Waals surface area (Å²) in [6.45, 7) is 2.04. The molecule has 0 bridgehead atoms. The smallest absolute Gasteiger partial charge is 0.307 e. The Kier molecular flexibility index (Phi) is 5.75. The van der Waals surface area contributed by atoms with Gasteiger partial charge < -0.3 is 4.42 Å². The summed E-state index contributed by atoms with van der Waals surface area (Å²) in [6.07, 6.45) is 5.91. The Labute approximate surface area is 160 Å². The summed E-state index contributed by atoms with van der Waals surface area (Å²) in [6, 6.07) is 12.9. The van der Waals surface area contributed by atoms with Crippen LogP contribution in [0.15, 0.2) is 69.9 Å². The van der Waals surface area contributed by atoms with Gasteiger partial charge in [0.1, 0.15) is 18.2 Å². The normalized spacial score (nSPS) is 11.7. The first kappa shape index (κ1) is 18.8. The molecule has 0 saturated carbocycles. The zero-order chi connectivity index (χ0) is 19.9. The van der Waals surface area contributed by atoms with Crippen molar-refractivity contribution in [1.29, 1.82) is 0 Å². The molecule has 1 N–H and O–H groups in total. The van der Waals surface area contributed by atoms with Crippen LogP contribution >= 0.6 is 0 Å². The highest BCUT2D eigenvalue weighted by molar-refractivity contribution is 5.92. The molecule has 9 nitrogen and oxygen atoms in total. The van der Waals surface area contributed by atoms with Gasteiger partial charge in [0.2, 0.25) is 0 Å². The van der Waals surface area contributed by atoms with Crippen LogP contribution in [0, 0.1) is 10.1 Å². The van der Waals surface area contributed by atoms with E-state index >= 15 is 0 Å². The van der Waals surface area contributed by atoms with E-state index in [1.165, 1.54) is 23.2 Å². The first-order valence-corrected chi connectivity index (χ1v) is 8.33. The molecule has 3 rings (SSSR count). The maximum Gasteiger partial charge on any atom is 0.307 e. The first-order chi connectivity index (χ1) is 13.5. The van der Waals surface area contributed by atoms with Gasteiger partial charge >= 0.3 is 11.6 Å². The Morgan fingerprint density at radius 1 is 1.32 bits per heavy atom. The van der Waals surface area contributed by atoms with Crippen LogP contribution in [0.25, 0.3) is 6.08 Å². The number of hydrogen-bond acceptors (Lipinski definition) is 6. The molecule has 2 heterocycles. The largest absolute Gasteiger partial charge is 0.454 e. The summed E-state index contributed by atoms with van der Waals surface area (Å²) in [5.41, 5.74) is 4.18. The van der Waals surface area contributed by atoms with Gasteiger partial charge in [-0.2, -0.15) is 10.2 Å². The van der Waals surface area contributed by atoms with Gasteiger partial charge in [-0.05, 0) is 30.2 Å². The summed E-state index contributed by atoms with van der Waals surface area (Å²) >= 11 is 0. The fraction of sp³-hybridized carbons (Fsp3) is 0.105. The Balaban J connectivity index is 1.56. The lowest BCUT2D eigenvalue weighted by Gasteiger charge is -1.98. The third kappa shape index (κ3) is 5.01. The number of allylic oxidation sites excluding steroid dienone is 1. The molecule has 0 radical (unpaired) electrons. The number of amides is 1. The maximum absolute atomic E-state index is 12.1. The second-order valence-electron chi connectivity index (χ2n) is 5.92. The Morgan fingerprint density at radius 3 is 2.82 bits per heavy atom. The first-order valence-electron chi connectivity index (χ1n) is 8.33. The zero-order valence-corrected chi connectivity index (χ0v) is 15.0. The minimum atomic E-state index is -0.531. The van der Waals surface area contributed by atoms with Crippen LogP contribution in [0.2, 0.25) is 0 Å². The average Bonchev–Trinajstić information content (AvgIpc) is 3.32. The molecule has 0 unspecified atom stereocenters. The number of aromatic nitrogens is 2. The van der Waals surface area contributed by atoms with Crippen molar-refractivity contribution in [1.82, 2.24) is 15.2 Å². The minimum absolute atomic E-state index is 0.0819. The molecule has 142 valence electrons. The number of hydrogen-bond donors (Lipinski definition) is 1. The summed E-state index contributed by atoms with van der Waals surface area (Å²) in [7, 11) is 0. The van der Waals surface area contributed by atoms with Crippen LogP contribution in [0.1, 0.15) is 28.8 Å². The maximum atomic E-state index is 12.1. The van der Waals surface area contributed by atoms with Crippen LogP contribution in [-0.2, 0) is 6.54 Å². The molecule has 0 aliphatic carbocycles. The standard InChI is InChI=1S/C19H17N5O4/c1-14(9-15-5-3-2-4-6-15)10-20-22-19(25)18-8-7-17(28-18)13-23-12-16(11-21-23)24(26)27/h2-12H,13H2,1H3,(H,22,25)/b14-9+,20-10?. The van der Waals surface area contributed by atoms with Crippen LogP contribution < -0.4 is 5.43 Å². The molecule has 9 heteroatoms. The predicted octanol–water partition coefficient (Wildman–Crippen LogP) is 3.25. The third-order valence-electron chi connectivity index (χ3n) is 3.66. The molecule has 2 aromatic heterocycles. The topological polar surface area (TPSA) is 116 Å². The highest BCUT2D eigenvalue weighted by atomic mass is 16.6. The van der Waals surface area contributed by atoms with Gasteiger partial charge in [-0.15, -0.1) is 0 Å². The monoisotopic (exact) mass is 379 g/mol. The van der Waals surface area contributed by atoms with Crippen LogP contribution in [0.5, 0.6) is 0 Å². The number of nitro groups is 1. The van der Waals surface area contributed by atoms with Crippen molar-refractivity contribution < 1.29 is 14.1 Å². The molecule has 1 aromatic carbocycles. The summed E-state index contributed by atoms with van der Waals surface area (Å²) in [5, 5.41) is 18.5. The van der Waals surface area contributed by atoms with Crippen molar-refractivity contribution in [2.75, 3.05) is 0 Å². The number of benzene rings is 1. The molecule has 3 aromatic rings. The number of nitrogens with one attached hydrogen (secondary N) is 1. The van der Waals surface area contributed by atoms with Crippen molar-refractivity contribution in [3.05, 3.63) is 87.6 Å². The lowest BCUT2D eigenvalue weighted by atomic mass is 10.1. The molecule has 0 aliphatic heterocycles. The van der Waals surface area contributed by atoms with Gasteiger partial charge in [0.05, 0.1) is 17.7 Å². The quantitative estimate of drug-likeness (QED) is 0.384. The Hall–Kier alpha value is -4.01. The van der Waals surface area contributed by atoms with E-state index in [0.29, 0.717) is 5.76 Å². The van der Waals surface area contributed by atoms with E-state index in [4.69, 9.17) is 4.42 Å². The van der Waals surface area contributed by atoms with Crippen molar-refractivity contribution in [3.63, 3.8) is 0 Å². The van der Waals surface area contributed by atoms with Crippen LogP contribution in [-0.4, -0.2) is 26.8 Å². The highest BCUT2D eigenvalue weighted by Gasteiger charge is 2.13. The summed E-state index contributed by atoms with van der Waals surface area (Å²) in [5.74, 6) is 0.0206. The number of carbonyl (C=O) groups is 1. The van der Waals surface area contributed by atoms with E-state index in [1.54, 1.807) is 6.07 Å². The molecule has 1 amide bonds. The third-order valence-corrected chi connectivity index (χ3v) is 3.66. The predicted molar refractivity (Wildman–Crippen MR) is 103 cm³/mol. The van der Waals surface area contributed by atoms with Gasteiger partial charge in [-0.1, -0.05) is 36.4 Å². The second kappa shape index (κ2) is 8.58. The SMILES string of the molecule is C/C(C=NNC(=O)c1ccc(Cn2cc([N+](=O)[O-])cn2)o1)=C\c1ccccc1. The van der Waals surface area contributed by atoms with Gasteiger partial charge in [0, 0.05) is 0 Å². The highest BCUT2D eigenvalue weighted by Crippen LogP contribution is 2.13. The second-order valence-corrected chi connectivity index (χ2v) is 5.92. The molecule has 0 fully saturated rings. The van der Waals surface area contributed by atoms with E-state index in [-0.39, 0.29) is 18.0 Å². The molecule has 0 saturated heterocycles. The lowest BCUT2D eigenvalue weighted by Crippen LogP contribution is -2.16. The van der Waals surface area contributed by atoms with Crippen molar-refractivity contribution in [3.8, 4) is 0 Å². The van der Waals surface area contributed by atoms with E-state index < -0.39 is 10.8 Å². The van der Waals surface area contributed by atoms with E-state index in [2.05, 4.69) is 15.6 Å². The number of rotatable bonds is 7.